The van der Waals surface area contributed by atoms with Crippen LogP contribution in [-0.4, -0.2) is 34.6 Å². The molecule has 0 bridgehead atoms. The Hall–Kier alpha value is -2.17. The molecular weight excluding hydrogens is 334 g/mol. The summed E-state index contributed by atoms with van der Waals surface area (Å²) in [5, 5.41) is 7.02. The first-order valence-electron chi connectivity index (χ1n) is 8.58. The Morgan fingerprint density at radius 3 is 2.64 bits per heavy atom. The van der Waals surface area contributed by atoms with E-state index in [1.807, 2.05) is 48.5 Å². The quantitative estimate of drug-likeness (QED) is 0.842. The maximum Gasteiger partial charge on any atom is 0.251 e. The summed E-state index contributed by atoms with van der Waals surface area (Å²) >= 11 is 6.07. The molecule has 2 aromatic rings. The van der Waals surface area contributed by atoms with Gasteiger partial charge in [0.15, 0.2) is 0 Å². The molecule has 0 aliphatic carbocycles. The lowest BCUT2D eigenvalue weighted by atomic mass is 9.94. The number of likely N-dealkylation sites (tertiary alicyclic amines) is 1. The molecule has 0 aromatic heterocycles. The number of carbonyl (C=O) groups excluding carboxylic acids is 1. The molecule has 128 valence electrons. The fraction of sp³-hybridized carbons (Fsp3) is 0.300. The van der Waals surface area contributed by atoms with Gasteiger partial charge >= 0.3 is 0 Å². The highest BCUT2D eigenvalue weighted by Gasteiger charge is 2.39. The topological polar surface area (TPSA) is 35.9 Å². The maximum atomic E-state index is 12.6. The number of halogens is 1. The lowest BCUT2D eigenvalue weighted by Crippen LogP contribution is -2.41. The van der Waals surface area contributed by atoms with Crippen molar-refractivity contribution in [2.75, 3.05) is 13.1 Å². The molecule has 5 heteroatoms. The van der Waals surface area contributed by atoms with E-state index in [1.165, 1.54) is 5.56 Å². The number of rotatable bonds is 4. The van der Waals surface area contributed by atoms with Gasteiger partial charge in [-0.25, -0.2) is 5.01 Å². The molecule has 2 aromatic carbocycles. The van der Waals surface area contributed by atoms with Gasteiger partial charge in [-0.2, -0.15) is 5.10 Å². The second kappa shape index (κ2) is 6.98. The van der Waals surface area contributed by atoms with Gasteiger partial charge in [0.2, 0.25) is 0 Å². The first-order valence-corrected chi connectivity index (χ1v) is 8.96. The zero-order valence-electron chi connectivity index (χ0n) is 13.9. The van der Waals surface area contributed by atoms with Crippen molar-refractivity contribution in [3.8, 4) is 0 Å². The molecule has 0 spiro atoms. The van der Waals surface area contributed by atoms with Crippen molar-refractivity contribution in [1.82, 2.24) is 9.91 Å². The van der Waals surface area contributed by atoms with E-state index in [-0.39, 0.29) is 11.8 Å². The lowest BCUT2D eigenvalue weighted by Gasteiger charge is -2.29. The molecule has 1 amide bonds. The molecule has 0 radical (unpaired) electrons. The van der Waals surface area contributed by atoms with Gasteiger partial charge < -0.3 is 0 Å². The van der Waals surface area contributed by atoms with E-state index < -0.39 is 0 Å². The van der Waals surface area contributed by atoms with Gasteiger partial charge in [0.1, 0.15) is 0 Å². The molecule has 1 unspecified atom stereocenters. The van der Waals surface area contributed by atoms with Crippen LogP contribution in [0.15, 0.2) is 59.7 Å². The van der Waals surface area contributed by atoms with E-state index in [9.17, 15) is 4.79 Å². The molecule has 2 heterocycles. The molecule has 0 saturated carbocycles. The molecule has 1 atom stereocenters. The fourth-order valence-corrected chi connectivity index (χ4v) is 3.76. The van der Waals surface area contributed by atoms with Gasteiger partial charge in [-0.05, 0) is 29.7 Å². The molecular formula is C20H20ClN3O. The van der Waals surface area contributed by atoms with Crippen molar-refractivity contribution in [3.63, 3.8) is 0 Å². The second-order valence-corrected chi connectivity index (χ2v) is 7.09. The van der Waals surface area contributed by atoms with Crippen LogP contribution in [0.4, 0.5) is 0 Å². The summed E-state index contributed by atoms with van der Waals surface area (Å²) in [6.45, 7) is 3.03. The van der Waals surface area contributed by atoms with Crippen LogP contribution in [0, 0.1) is 5.92 Å². The molecule has 1 fully saturated rings. The number of piperidine rings is 1. The Morgan fingerprint density at radius 1 is 1.04 bits per heavy atom. The van der Waals surface area contributed by atoms with Crippen molar-refractivity contribution in [3.05, 3.63) is 70.7 Å². The zero-order valence-corrected chi connectivity index (χ0v) is 14.7. The van der Waals surface area contributed by atoms with Crippen LogP contribution < -0.4 is 0 Å². The first-order chi connectivity index (χ1) is 12.2. The van der Waals surface area contributed by atoms with Crippen LogP contribution in [0.2, 0.25) is 5.02 Å². The normalized spacial score (nSPS) is 20.5. The number of nitrogens with zero attached hydrogens (tertiary/aromatic N) is 3. The lowest BCUT2D eigenvalue weighted by molar-refractivity contribution is -0.132. The number of hydrogen-bond acceptors (Lipinski definition) is 3. The standard InChI is InChI=1S/C20H20ClN3O/c21-17-8-4-7-16(11-17)12-23-10-9-18-19(14-23)22-24(20(18)25)13-15-5-2-1-3-6-15/h1-8,11,18H,9-10,12-14H2. The van der Waals surface area contributed by atoms with E-state index in [4.69, 9.17) is 11.6 Å². The highest BCUT2D eigenvalue weighted by atomic mass is 35.5. The highest BCUT2D eigenvalue weighted by Crippen LogP contribution is 2.26. The summed E-state index contributed by atoms with van der Waals surface area (Å²) in [5.41, 5.74) is 3.29. The summed E-state index contributed by atoms with van der Waals surface area (Å²) < 4.78 is 0. The van der Waals surface area contributed by atoms with Crippen LogP contribution in [-0.2, 0) is 17.9 Å². The summed E-state index contributed by atoms with van der Waals surface area (Å²) in [4.78, 5) is 15.0. The third-order valence-electron chi connectivity index (χ3n) is 4.79. The van der Waals surface area contributed by atoms with Crippen molar-refractivity contribution < 1.29 is 4.79 Å². The summed E-state index contributed by atoms with van der Waals surface area (Å²) in [5.74, 6) is 0.0978. The van der Waals surface area contributed by atoms with E-state index in [0.29, 0.717) is 6.54 Å². The van der Waals surface area contributed by atoms with Gasteiger partial charge in [-0.3, -0.25) is 9.69 Å². The van der Waals surface area contributed by atoms with Gasteiger partial charge in [0.05, 0.1) is 18.2 Å². The predicted molar refractivity (Wildman–Crippen MR) is 99.3 cm³/mol. The van der Waals surface area contributed by atoms with Gasteiger partial charge in [-0.15, -0.1) is 0 Å². The Balaban J connectivity index is 1.44. The number of hydrogen-bond donors (Lipinski definition) is 0. The monoisotopic (exact) mass is 353 g/mol. The molecule has 4 rings (SSSR count). The third kappa shape index (κ3) is 3.60. The van der Waals surface area contributed by atoms with E-state index in [1.54, 1.807) is 5.01 Å². The number of benzene rings is 2. The second-order valence-electron chi connectivity index (χ2n) is 6.65. The average molecular weight is 354 g/mol. The minimum absolute atomic E-state index is 0.0423. The largest absolute Gasteiger partial charge is 0.293 e. The van der Waals surface area contributed by atoms with E-state index in [0.717, 1.165) is 42.4 Å². The molecule has 4 nitrogen and oxygen atoms in total. The molecule has 2 aliphatic heterocycles. The summed E-state index contributed by atoms with van der Waals surface area (Å²) in [6.07, 6.45) is 0.837. The Kier molecular flexibility index (Phi) is 4.55. The smallest absolute Gasteiger partial charge is 0.251 e. The fourth-order valence-electron chi connectivity index (χ4n) is 3.55. The SMILES string of the molecule is O=C1C2CCN(Cc3cccc(Cl)c3)CC2=NN1Cc1ccccc1. The van der Waals surface area contributed by atoms with Crippen LogP contribution >= 0.6 is 11.6 Å². The van der Waals surface area contributed by atoms with E-state index in [2.05, 4.69) is 16.1 Å². The number of fused-ring (bicyclic) bond motifs is 1. The van der Waals surface area contributed by atoms with Crippen LogP contribution in [0.1, 0.15) is 17.5 Å². The minimum atomic E-state index is -0.0423. The van der Waals surface area contributed by atoms with Crippen molar-refractivity contribution in [2.24, 2.45) is 11.0 Å². The summed E-state index contributed by atoms with van der Waals surface area (Å²) in [7, 11) is 0. The zero-order chi connectivity index (χ0) is 17.2. The minimum Gasteiger partial charge on any atom is -0.293 e. The Bertz CT molecular complexity index is 806. The third-order valence-corrected chi connectivity index (χ3v) is 5.03. The van der Waals surface area contributed by atoms with Crippen LogP contribution in [0.25, 0.3) is 0 Å². The average Bonchev–Trinajstić information content (AvgIpc) is 2.91. The molecule has 1 saturated heterocycles. The van der Waals surface area contributed by atoms with Crippen LogP contribution in [0.3, 0.4) is 0 Å². The van der Waals surface area contributed by atoms with Crippen molar-refractivity contribution >= 4 is 23.2 Å². The molecule has 0 N–H and O–H groups in total. The van der Waals surface area contributed by atoms with Crippen LogP contribution in [0.5, 0.6) is 0 Å². The number of amides is 1. The first kappa shape index (κ1) is 16.3. The number of carbonyl (C=O) groups is 1. The molecule has 2 aliphatic rings. The Labute approximate surface area is 152 Å². The van der Waals surface area contributed by atoms with Crippen molar-refractivity contribution in [1.29, 1.82) is 0 Å². The van der Waals surface area contributed by atoms with Gasteiger partial charge in [0.25, 0.3) is 5.91 Å². The Morgan fingerprint density at radius 2 is 1.84 bits per heavy atom. The molecule has 25 heavy (non-hydrogen) atoms. The van der Waals surface area contributed by atoms with Gasteiger partial charge in [-0.1, -0.05) is 54.1 Å². The predicted octanol–water partition coefficient (Wildman–Crippen LogP) is 3.56. The van der Waals surface area contributed by atoms with E-state index >= 15 is 0 Å². The maximum absolute atomic E-state index is 12.6. The summed E-state index contributed by atoms with van der Waals surface area (Å²) in [6, 6.07) is 18.0. The van der Waals surface area contributed by atoms with Crippen molar-refractivity contribution in [2.45, 2.75) is 19.5 Å². The highest BCUT2D eigenvalue weighted by molar-refractivity contribution is 6.30. The number of hydrazone groups is 1. The van der Waals surface area contributed by atoms with Gasteiger partial charge in [0, 0.05) is 24.7 Å².